The largest absolute Gasteiger partial charge is 0.441 e. The van der Waals surface area contributed by atoms with Crippen LogP contribution in [0.2, 0.25) is 0 Å². The Balaban J connectivity index is 1.22. The predicted molar refractivity (Wildman–Crippen MR) is 110 cm³/mol. The van der Waals surface area contributed by atoms with Gasteiger partial charge in [0.05, 0.1) is 18.8 Å². The highest BCUT2D eigenvalue weighted by Crippen LogP contribution is 2.33. The number of amides is 1. The van der Waals surface area contributed by atoms with E-state index in [1.807, 2.05) is 11.0 Å². The minimum absolute atomic E-state index is 0.131. The van der Waals surface area contributed by atoms with E-state index >= 15 is 0 Å². The van der Waals surface area contributed by atoms with Crippen LogP contribution in [0.1, 0.15) is 38.1 Å². The first kappa shape index (κ1) is 20.6. The zero-order valence-corrected chi connectivity index (χ0v) is 17.9. The first-order valence-electron chi connectivity index (χ1n) is 11.2. The van der Waals surface area contributed by atoms with E-state index in [0.29, 0.717) is 0 Å². The van der Waals surface area contributed by atoms with E-state index in [2.05, 4.69) is 33.7 Å². The van der Waals surface area contributed by atoms with Crippen molar-refractivity contribution in [3.63, 3.8) is 0 Å². The molecule has 0 aliphatic carbocycles. The number of likely N-dealkylation sites (tertiary alicyclic amines) is 1. The average Bonchev–Trinajstić information content (AvgIpc) is 3.32. The molecule has 0 atom stereocenters. The smallest absolute Gasteiger partial charge is 0.410 e. The standard InChI is InChI=1S/C21H35N5O3/c1-3-18-15-19(29-22-18)16-25-7-5-21(6-8-25)17-26(20(27)28-21)14-13-24-11-9-23(4-2)10-12-24/h15H,3-14,16-17H2,1-2H3. The van der Waals surface area contributed by atoms with E-state index in [-0.39, 0.29) is 11.7 Å². The minimum Gasteiger partial charge on any atom is -0.441 e. The number of aryl methyl sites for hydroxylation is 1. The Morgan fingerprint density at radius 2 is 1.72 bits per heavy atom. The lowest BCUT2D eigenvalue weighted by Gasteiger charge is -2.37. The van der Waals surface area contributed by atoms with Crippen LogP contribution >= 0.6 is 0 Å². The first-order chi connectivity index (χ1) is 14.1. The van der Waals surface area contributed by atoms with Gasteiger partial charge in [0.2, 0.25) is 0 Å². The minimum atomic E-state index is -0.301. The van der Waals surface area contributed by atoms with Gasteiger partial charge in [-0.2, -0.15) is 0 Å². The number of ether oxygens (including phenoxy) is 1. The van der Waals surface area contributed by atoms with Gasteiger partial charge < -0.3 is 19.1 Å². The molecular formula is C21H35N5O3. The summed E-state index contributed by atoms with van der Waals surface area (Å²) in [4.78, 5) is 21.7. The molecule has 3 aliphatic rings. The number of hydrogen-bond acceptors (Lipinski definition) is 7. The Bertz CT molecular complexity index is 678. The van der Waals surface area contributed by atoms with Crippen molar-refractivity contribution in [2.75, 3.05) is 65.4 Å². The summed E-state index contributed by atoms with van der Waals surface area (Å²) < 4.78 is 11.3. The van der Waals surface area contributed by atoms with Crippen LogP contribution in [0, 0.1) is 0 Å². The van der Waals surface area contributed by atoms with E-state index in [0.717, 1.165) is 103 Å². The third-order valence-corrected chi connectivity index (χ3v) is 6.76. The van der Waals surface area contributed by atoms with Crippen molar-refractivity contribution in [1.29, 1.82) is 0 Å². The fourth-order valence-corrected chi connectivity index (χ4v) is 4.65. The highest BCUT2D eigenvalue weighted by Gasteiger charge is 2.46. The molecule has 1 aromatic rings. The zero-order chi connectivity index (χ0) is 20.3. The fraction of sp³-hybridized carbons (Fsp3) is 0.810. The molecule has 1 aromatic heterocycles. The molecule has 0 bridgehead atoms. The fourth-order valence-electron chi connectivity index (χ4n) is 4.65. The number of nitrogens with zero attached hydrogens (tertiary/aromatic N) is 5. The van der Waals surface area contributed by atoms with Crippen molar-refractivity contribution in [1.82, 2.24) is 24.8 Å². The molecule has 1 amide bonds. The van der Waals surface area contributed by atoms with Crippen molar-refractivity contribution in [3.8, 4) is 0 Å². The van der Waals surface area contributed by atoms with Gasteiger partial charge in [-0.1, -0.05) is 19.0 Å². The quantitative estimate of drug-likeness (QED) is 0.684. The number of likely N-dealkylation sites (N-methyl/N-ethyl adjacent to an activating group) is 1. The lowest BCUT2D eigenvalue weighted by Crippen LogP contribution is -2.49. The van der Waals surface area contributed by atoms with Crippen molar-refractivity contribution in [3.05, 3.63) is 17.5 Å². The molecule has 0 unspecified atom stereocenters. The van der Waals surface area contributed by atoms with Crippen LogP contribution in [0.5, 0.6) is 0 Å². The Kier molecular flexibility index (Phi) is 6.41. The number of carbonyl (C=O) groups is 1. The second kappa shape index (κ2) is 9.02. The van der Waals surface area contributed by atoms with E-state index in [9.17, 15) is 4.79 Å². The van der Waals surface area contributed by atoms with E-state index in [1.54, 1.807) is 0 Å². The molecule has 0 radical (unpaired) electrons. The third kappa shape index (κ3) is 4.92. The molecule has 3 aliphatic heterocycles. The van der Waals surface area contributed by atoms with Crippen LogP contribution in [-0.2, 0) is 17.7 Å². The maximum Gasteiger partial charge on any atom is 0.410 e. The molecule has 8 nitrogen and oxygen atoms in total. The van der Waals surface area contributed by atoms with Gasteiger partial charge in [0.1, 0.15) is 5.60 Å². The van der Waals surface area contributed by atoms with Crippen molar-refractivity contribution in [2.24, 2.45) is 0 Å². The number of piperidine rings is 1. The molecular weight excluding hydrogens is 370 g/mol. The molecule has 3 fully saturated rings. The molecule has 1 spiro atoms. The monoisotopic (exact) mass is 405 g/mol. The molecule has 29 heavy (non-hydrogen) atoms. The van der Waals surface area contributed by atoms with E-state index in [4.69, 9.17) is 9.26 Å². The second-order valence-electron chi connectivity index (χ2n) is 8.66. The van der Waals surface area contributed by atoms with E-state index in [1.165, 1.54) is 0 Å². The highest BCUT2D eigenvalue weighted by atomic mass is 16.6. The Labute approximate surface area is 173 Å². The molecule has 0 N–H and O–H groups in total. The van der Waals surface area contributed by atoms with Gasteiger partial charge in [0, 0.05) is 71.3 Å². The lowest BCUT2D eigenvalue weighted by molar-refractivity contribution is -0.00298. The third-order valence-electron chi connectivity index (χ3n) is 6.76. The topological polar surface area (TPSA) is 65.3 Å². The average molecular weight is 406 g/mol. The van der Waals surface area contributed by atoms with Gasteiger partial charge in [0.15, 0.2) is 5.76 Å². The van der Waals surface area contributed by atoms with Crippen LogP contribution in [-0.4, -0.2) is 102 Å². The number of carbonyl (C=O) groups excluding carboxylic acids is 1. The maximum absolute atomic E-state index is 12.5. The van der Waals surface area contributed by atoms with Crippen molar-refractivity contribution < 1.29 is 14.1 Å². The molecule has 162 valence electrons. The van der Waals surface area contributed by atoms with Crippen LogP contribution in [0.3, 0.4) is 0 Å². The molecule has 0 saturated carbocycles. The van der Waals surface area contributed by atoms with Gasteiger partial charge >= 0.3 is 6.09 Å². The van der Waals surface area contributed by atoms with Crippen LogP contribution in [0.4, 0.5) is 4.79 Å². The van der Waals surface area contributed by atoms with Crippen LogP contribution < -0.4 is 0 Å². The Hall–Kier alpha value is -1.64. The number of rotatable bonds is 7. The van der Waals surface area contributed by atoms with Crippen molar-refractivity contribution in [2.45, 2.75) is 45.3 Å². The van der Waals surface area contributed by atoms with Gasteiger partial charge in [-0.25, -0.2) is 4.79 Å². The molecule has 4 rings (SSSR count). The van der Waals surface area contributed by atoms with Crippen LogP contribution in [0.15, 0.2) is 10.6 Å². The molecule has 8 heteroatoms. The lowest BCUT2D eigenvalue weighted by atomic mass is 9.91. The number of hydrogen-bond donors (Lipinski definition) is 0. The SMILES string of the molecule is CCc1cc(CN2CCC3(CC2)CN(CCN2CCN(CC)CC2)C(=O)O3)on1. The summed E-state index contributed by atoms with van der Waals surface area (Å²) in [6, 6.07) is 2.04. The summed E-state index contributed by atoms with van der Waals surface area (Å²) in [5, 5.41) is 4.07. The summed E-state index contributed by atoms with van der Waals surface area (Å²) in [5.74, 6) is 0.922. The molecule has 4 heterocycles. The Morgan fingerprint density at radius 1 is 1.00 bits per heavy atom. The normalized spacial score (nSPS) is 23.8. The molecule has 3 saturated heterocycles. The highest BCUT2D eigenvalue weighted by molar-refractivity contribution is 5.70. The summed E-state index contributed by atoms with van der Waals surface area (Å²) in [6.45, 7) is 14.9. The second-order valence-corrected chi connectivity index (χ2v) is 8.66. The summed E-state index contributed by atoms with van der Waals surface area (Å²) in [5.41, 5.74) is 0.703. The predicted octanol–water partition coefficient (Wildman–Crippen LogP) is 1.66. The van der Waals surface area contributed by atoms with Gasteiger partial charge in [0.25, 0.3) is 0 Å². The number of piperazine rings is 1. The zero-order valence-electron chi connectivity index (χ0n) is 17.9. The van der Waals surface area contributed by atoms with Crippen molar-refractivity contribution >= 4 is 6.09 Å². The summed E-state index contributed by atoms with van der Waals surface area (Å²) in [6.07, 6.45) is 2.54. The molecule has 0 aromatic carbocycles. The van der Waals surface area contributed by atoms with Crippen LogP contribution in [0.25, 0.3) is 0 Å². The first-order valence-corrected chi connectivity index (χ1v) is 11.2. The summed E-state index contributed by atoms with van der Waals surface area (Å²) >= 11 is 0. The number of aromatic nitrogens is 1. The maximum atomic E-state index is 12.5. The Morgan fingerprint density at radius 3 is 2.38 bits per heavy atom. The van der Waals surface area contributed by atoms with Gasteiger partial charge in [-0.3, -0.25) is 9.80 Å². The summed E-state index contributed by atoms with van der Waals surface area (Å²) in [7, 11) is 0. The van der Waals surface area contributed by atoms with E-state index < -0.39 is 0 Å². The van der Waals surface area contributed by atoms with Gasteiger partial charge in [-0.05, 0) is 13.0 Å². The van der Waals surface area contributed by atoms with Gasteiger partial charge in [-0.15, -0.1) is 0 Å².